The van der Waals surface area contributed by atoms with Crippen LogP contribution in [0.5, 0.6) is 0 Å². The highest BCUT2D eigenvalue weighted by Gasteiger charge is 2.25. The van der Waals surface area contributed by atoms with Gasteiger partial charge in [0.25, 0.3) is 0 Å². The average molecular weight is 214 g/mol. The lowest BCUT2D eigenvalue weighted by atomic mass is 9.97. The summed E-state index contributed by atoms with van der Waals surface area (Å²) in [5.41, 5.74) is 0. The smallest absolute Gasteiger partial charge is 0.0462 e. The van der Waals surface area contributed by atoms with Crippen LogP contribution in [0.15, 0.2) is 0 Å². The molecule has 3 heteroatoms. The first-order chi connectivity index (χ1) is 7.24. The number of hydrogen-bond donors (Lipinski definition) is 2. The fourth-order valence-corrected chi connectivity index (χ4v) is 2.43. The summed E-state index contributed by atoms with van der Waals surface area (Å²) in [6, 6.07) is 0. The van der Waals surface area contributed by atoms with Gasteiger partial charge in [-0.3, -0.25) is 0 Å². The summed E-state index contributed by atoms with van der Waals surface area (Å²) in [6.45, 7) is 3.73. The van der Waals surface area contributed by atoms with Gasteiger partial charge in [-0.05, 0) is 64.8 Å². The molecule has 0 aliphatic heterocycles. The molecule has 1 saturated carbocycles. The van der Waals surface area contributed by atoms with Crippen molar-refractivity contribution in [2.75, 3.05) is 40.3 Å². The largest absolute Gasteiger partial charge is 0.396 e. The Balaban J connectivity index is 1.99. The van der Waals surface area contributed by atoms with Gasteiger partial charge in [-0.15, -0.1) is 0 Å². The lowest BCUT2D eigenvalue weighted by molar-refractivity contribution is 0.192. The van der Waals surface area contributed by atoms with E-state index in [2.05, 4.69) is 24.3 Å². The fourth-order valence-electron chi connectivity index (χ4n) is 2.43. The van der Waals surface area contributed by atoms with Crippen LogP contribution in [0, 0.1) is 11.8 Å². The molecular formula is C12H26N2O. The van der Waals surface area contributed by atoms with E-state index in [0.717, 1.165) is 19.6 Å². The SMILES string of the molecule is CN(C)CCCNCC1CCCC1CO. The van der Waals surface area contributed by atoms with Crippen molar-refractivity contribution in [2.45, 2.75) is 25.7 Å². The molecule has 3 nitrogen and oxygen atoms in total. The van der Waals surface area contributed by atoms with Gasteiger partial charge in [0.2, 0.25) is 0 Å². The predicted molar refractivity (Wildman–Crippen MR) is 64.0 cm³/mol. The van der Waals surface area contributed by atoms with E-state index in [-0.39, 0.29) is 0 Å². The highest BCUT2D eigenvalue weighted by atomic mass is 16.3. The number of aliphatic hydroxyl groups is 1. The maximum atomic E-state index is 9.18. The van der Waals surface area contributed by atoms with E-state index in [4.69, 9.17) is 0 Å². The molecule has 1 rings (SSSR count). The molecule has 2 unspecified atom stereocenters. The van der Waals surface area contributed by atoms with E-state index in [1.807, 2.05) is 0 Å². The standard InChI is InChI=1S/C12H26N2O/c1-14(2)8-4-7-13-9-11-5-3-6-12(11)10-15/h11-13,15H,3-10H2,1-2H3. The molecule has 0 spiro atoms. The number of aliphatic hydroxyl groups excluding tert-OH is 1. The highest BCUT2D eigenvalue weighted by molar-refractivity contribution is 4.78. The molecule has 1 fully saturated rings. The van der Waals surface area contributed by atoms with Crippen LogP contribution in [0.1, 0.15) is 25.7 Å². The van der Waals surface area contributed by atoms with Crippen LogP contribution >= 0.6 is 0 Å². The van der Waals surface area contributed by atoms with Crippen LogP contribution in [0.4, 0.5) is 0 Å². The molecule has 2 atom stereocenters. The second kappa shape index (κ2) is 7.20. The zero-order valence-electron chi connectivity index (χ0n) is 10.2. The minimum absolute atomic E-state index is 0.379. The van der Waals surface area contributed by atoms with Gasteiger partial charge in [-0.1, -0.05) is 6.42 Å². The number of rotatable bonds is 7. The lowest BCUT2D eigenvalue weighted by Crippen LogP contribution is -2.29. The van der Waals surface area contributed by atoms with E-state index in [1.165, 1.54) is 25.7 Å². The van der Waals surface area contributed by atoms with Crippen molar-refractivity contribution < 1.29 is 5.11 Å². The van der Waals surface area contributed by atoms with Crippen LogP contribution in [0.2, 0.25) is 0 Å². The zero-order valence-corrected chi connectivity index (χ0v) is 10.2. The van der Waals surface area contributed by atoms with Crippen molar-refractivity contribution in [2.24, 2.45) is 11.8 Å². The van der Waals surface area contributed by atoms with Crippen LogP contribution in [-0.2, 0) is 0 Å². The van der Waals surface area contributed by atoms with Crippen molar-refractivity contribution in [3.63, 3.8) is 0 Å². The third kappa shape index (κ3) is 4.96. The molecular weight excluding hydrogens is 188 g/mol. The van der Waals surface area contributed by atoms with Crippen LogP contribution in [-0.4, -0.2) is 50.3 Å². The van der Waals surface area contributed by atoms with Crippen molar-refractivity contribution in [1.82, 2.24) is 10.2 Å². The molecule has 2 N–H and O–H groups in total. The third-order valence-electron chi connectivity index (χ3n) is 3.42. The Hall–Kier alpha value is -0.120. The molecule has 0 aromatic carbocycles. The van der Waals surface area contributed by atoms with Gasteiger partial charge < -0.3 is 15.3 Å². The summed E-state index contributed by atoms with van der Waals surface area (Å²) in [4.78, 5) is 2.22. The molecule has 0 heterocycles. The van der Waals surface area contributed by atoms with E-state index >= 15 is 0 Å². The van der Waals surface area contributed by atoms with E-state index in [0.29, 0.717) is 18.4 Å². The molecule has 15 heavy (non-hydrogen) atoms. The van der Waals surface area contributed by atoms with Crippen LogP contribution in [0.3, 0.4) is 0 Å². The first-order valence-electron chi connectivity index (χ1n) is 6.20. The van der Waals surface area contributed by atoms with Gasteiger partial charge >= 0.3 is 0 Å². The van der Waals surface area contributed by atoms with Gasteiger partial charge in [0.05, 0.1) is 0 Å². The summed E-state index contributed by atoms with van der Waals surface area (Å²) in [7, 11) is 4.22. The zero-order chi connectivity index (χ0) is 11.1. The Bertz CT molecular complexity index is 162. The topological polar surface area (TPSA) is 35.5 Å². The minimum atomic E-state index is 0.379. The fraction of sp³-hybridized carbons (Fsp3) is 1.00. The molecule has 0 amide bonds. The summed E-state index contributed by atoms with van der Waals surface area (Å²) in [5, 5.41) is 12.7. The molecule has 0 aromatic rings. The highest BCUT2D eigenvalue weighted by Crippen LogP contribution is 2.30. The predicted octanol–water partition coefficient (Wildman–Crippen LogP) is 0.936. The second-order valence-corrected chi connectivity index (χ2v) is 4.99. The average Bonchev–Trinajstić information content (AvgIpc) is 2.64. The van der Waals surface area contributed by atoms with Crippen molar-refractivity contribution in [3.8, 4) is 0 Å². The Labute approximate surface area is 93.9 Å². The lowest BCUT2D eigenvalue weighted by Gasteiger charge is -2.18. The Morgan fingerprint density at radius 3 is 2.67 bits per heavy atom. The molecule has 90 valence electrons. The summed E-state index contributed by atoms with van der Waals surface area (Å²) in [6.07, 6.45) is 5.03. The second-order valence-electron chi connectivity index (χ2n) is 4.99. The third-order valence-corrected chi connectivity index (χ3v) is 3.42. The Morgan fingerprint density at radius 1 is 1.27 bits per heavy atom. The van der Waals surface area contributed by atoms with Crippen molar-refractivity contribution in [1.29, 1.82) is 0 Å². The van der Waals surface area contributed by atoms with Crippen LogP contribution < -0.4 is 5.32 Å². The quantitative estimate of drug-likeness (QED) is 0.619. The minimum Gasteiger partial charge on any atom is -0.396 e. The van der Waals surface area contributed by atoms with Crippen LogP contribution in [0.25, 0.3) is 0 Å². The van der Waals surface area contributed by atoms with Gasteiger partial charge in [0, 0.05) is 6.61 Å². The maximum absolute atomic E-state index is 9.18. The van der Waals surface area contributed by atoms with E-state index in [1.54, 1.807) is 0 Å². The maximum Gasteiger partial charge on any atom is 0.0462 e. The summed E-state index contributed by atoms with van der Waals surface area (Å²) in [5.74, 6) is 1.28. The number of nitrogens with zero attached hydrogens (tertiary/aromatic N) is 1. The molecule has 1 aliphatic carbocycles. The normalized spacial score (nSPS) is 26.4. The monoisotopic (exact) mass is 214 g/mol. The molecule has 0 saturated heterocycles. The molecule has 0 radical (unpaired) electrons. The van der Waals surface area contributed by atoms with Gasteiger partial charge in [0.1, 0.15) is 0 Å². The molecule has 0 bridgehead atoms. The van der Waals surface area contributed by atoms with Crippen molar-refractivity contribution >= 4 is 0 Å². The first-order valence-corrected chi connectivity index (χ1v) is 6.20. The van der Waals surface area contributed by atoms with Gasteiger partial charge in [-0.2, -0.15) is 0 Å². The van der Waals surface area contributed by atoms with E-state index < -0.39 is 0 Å². The van der Waals surface area contributed by atoms with Crippen molar-refractivity contribution in [3.05, 3.63) is 0 Å². The van der Waals surface area contributed by atoms with E-state index in [9.17, 15) is 5.11 Å². The number of nitrogens with one attached hydrogen (secondary N) is 1. The summed E-state index contributed by atoms with van der Waals surface area (Å²) < 4.78 is 0. The first kappa shape index (κ1) is 12.9. The molecule has 1 aliphatic rings. The molecule has 0 aromatic heterocycles. The van der Waals surface area contributed by atoms with Gasteiger partial charge in [0.15, 0.2) is 0 Å². The number of hydrogen-bond acceptors (Lipinski definition) is 3. The Morgan fingerprint density at radius 2 is 2.00 bits per heavy atom. The van der Waals surface area contributed by atoms with Gasteiger partial charge in [-0.25, -0.2) is 0 Å². The summed E-state index contributed by atoms with van der Waals surface area (Å²) >= 11 is 0. The Kier molecular flexibility index (Phi) is 6.22.